The predicted molar refractivity (Wildman–Crippen MR) is 92.4 cm³/mol. The van der Waals surface area contributed by atoms with Crippen molar-refractivity contribution in [2.45, 2.75) is 0 Å². The summed E-state index contributed by atoms with van der Waals surface area (Å²) in [4.78, 5) is 8.87. The summed E-state index contributed by atoms with van der Waals surface area (Å²) in [5, 5.41) is 0. The molecule has 0 saturated carbocycles. The lowest BCUT2D eigenvalue weighted by atomic mass is 10.2. The van der Waals surface area contributed by atoms with Crippen LogP contribution in [0.5, 0.6) is 0 Å². The maximum Gasteiger partial charge on any atom is 0.227 e. The number of benzene rings is 3. The number of nitrogens with zero attached hydrogens (tertiary/aromatic N) is 2. The molecule has 0 unspecified atom stereocenters. The van der Waals surface area contributed by atoms with Crippen molar-refractivity contribution >= 4 is 22.2 Å². The Morgan fingerprint density at radius 3 is 1.42 bits per heavy atom. The molecule has 0 saturated heterocycles. The number of oxazole rings is 2. The average molecular weight is 348 g/mol. The minimum absolute atomic E-state index is 0.320. The molecule has 0 atom stereocenters. The van der Waals surface area contributed by atoms with Gasteiger partial charge in [-0.1, -0.05) is 0 Å². The van der Waals surface area contributed by atoms with Crippen LogP contribution in [0.15, 0.2) is 69.5 Å². The molecule has 5 rings (SSSR count). The van der Waals surface area contributed by atoms with Crippen molar-refractivity contribution in [1.29, 1.82) is 0 Å². The molecule has 4 nitrogen and oxygen atoms in total. The van der Waals surface area contributed by atoms with E-state index < -0.39 is 0 Å². The van der Waals surface area contributed by atoms with Crippen LogP contribution in [-0.2, 0) is 0 Å². The molecule has 26 heavy (non-hydrogen) atoms. The fraction of sp³-hybridized carbons (Fsp3) is 0. The maximum absolute atomic E-state index is 13.1. The standard InChI is InChI=1S/C20H10F2N2O2/c21-13-5-1-11(2-6-13)19-23-15-9-16-18(10-17(15)25-19)26-20(24-16)12-3-7-14(22)8-4-12/h1-10H. The summed E-state index contributed by atoms with van der Waals surface area (Å²) < 4.78 is 37.6. The lowest BCUT2D eigenvalue weighted by Gasteiger charge is -1.93. The zero-order valence-corrected chi connectivity index (χ0v) is 13.2. The first kappa shape index (κ1) is 14.8. The zero-order chi connectivity index (χ0) is 17.7. The zero-order valence-electron chi connectivity index (χ0n) is 13.2. The lowest BCUT2D eigenvalue weighted by Crippen LogP contribution is -1.78. The summed E-state index contributed by atoms with van der Waals surface area (Å²) in [6, 6.07) is 15.3. The molecule has 6 heteroatoms. The Bertz CT molecular complexity index is 1090. The van der Waals surface area contributed by atoms with Crippen LogP contribution in [0.3, 0.4) is 0 Å². The van der Waals surface area contributed by atoms with Crippen molar-refractivity contribution < 1.29 is 17.6 Å². The quantitative estimate of drug-likeness (QED) is 0.418. The summed E-state index contributed by atoms with van der Waals surface area (Å²) in [7, 11) is 0. The molecule has 0 bridgehead atoms. The topological polar surface area (TPSA) is 52.1 Å². The van der Waals surface area contributed by atoms with Crippen LogP contribution in [-0.4, -0.2) is 9.97 Å². The SMILES string of the molecule is Fc1ccc(-c2nc3cc4nc(-c5ccc(F)cc5)oc4cc3o2)cc1. The van der Waals surface area contributed by atoms with Gasteiger partial charge in [-0.25, -0.2) is 18.7 Å². The van der Waals surface area contributed by atoms with E-state index in [1.54, 1.807) is 36.4 Å². The van der Waals surface area contributed by atoms with Gasteiger partial charge in [0.2, 0.25) is 11.8 Å². The first-order valence-electron chi connectivity index (χ1n) is 7.89. The highest BCUT2D eigenvalue weighted by Crippen LogP contribution is 2.30. The molecule has 0 amide bonds. The third kappa shape index (κ3) is 2.43. The van der Waals surface area contributed by atoms with Gasteiger partial charge in [0.15, 0.2) is 11.2 Å². The molecule has 5 aromatic rings. The fourth-order valence-electron chi connectivity index (χ4n) is 2.78. The van der Waals surface area contributed by atoms with Gasteiger partial charge in [0.05, 0.1) is 0 Å². The summed E-state index contributed by atoms with van der Waals surface area (Å²) in [5.41, 5.74) is 3.68. The van der Waals surface area contributed by atoms with Crippen molar-refractivity contribution in [2.75, 3.05) is 0 Å². The first-order valence-corrected chi connectivity index (χ1v) is 7.89. The molecule has 2 heterocycles. The molecule has 0 N–H and O–H groups in total. The Kier molecular flexibility index (Phi) is 3.12. The van der Waals surface area contributed by atoms with Crippen LogP contribution in [0.4, 0.5) is 8.78 Å². The number of rotatable bonds is 2. The van der Waals surface area contributed by atoms with Crippen LogP contribution in [0.2, 0.25) is 0 Å². The van der Waals surface area contributed by atoms with Crippen molar-refractivity contribution in [3.05, 3.63) is 72.3 Å². The van der Waals surface area contributed by atoms with Gasteiger partial charge in [0.25, 0.3) is 0 Å². The molecule has 0 radical (unpaired) electrons. The van der Waals surface area contributed by atoms with E-state index in [1.807, 2.05) is 0 Å². The van der Waals surface area contributed by atoms with E-state index in [-0.39, 0.29) is 11.6 Å². The van der Waals surface area contributed by atoms with Gasteiger partial charge in [-0.15, -0.1) is 0 Å². The molecule has 0 spiro atoms. The fourth-order valence-corrected chi connectivity index (χ4v) is 2.78. The van der Waals surface area contributed by atoms with Crippen LogP contribution < -0.4 is 0 Å². The number of aromatic nitrogens is 2. The highest BCUT2D eigenvalue weighted by atomic mass is 19.1. The van der Waals surface area contributed by atoms with E-state index in [9.17, 15) is 8.78 Å². The van der Waals surface area contributed by atoms with Crippen LogP contribution in [0.1, 0.15) is 0 Å². The lowest BCUT2D eigenvalue weighted by molar-refractivity contribution is 0.607. The van der Waals surface area contributed by atoms with Crippen LogP contribution >= 0.6 is 0 Å². The average Bonchev–Trinajstić information content (AvgIpc) is 3.23. The summed E-state index contributed by atoms with van der Waals surface area (Å²) >= 11 is 0. The van der Waals surface area contributed by atoms with E-state index in [0.29, 0.717) is 45.1 Å². The highest BCUT2D eigenvalue weighted by Gasteiger charge is 2.14. The normalized spacial score (nSPS) is 11.5. The van der Waals surface area contributed by atoms with Crippen LogP contribution in [0, 0.1) is 11.6 Å². The first-order chi connectivity index (χ1) is 12.7. The van der Waals surface area contributed by atoms with Crippen molar-refractivity contribution in [2.24, 2.45) is 0 Å². The van der Waals surface area contributed by atoms with Gasteiger partial charge < -0.3 is 8.83 Å². The molecule has 0 aliphatic rings. The van der Waals surface area contributed by atoms with Gasteiger partial charge in [0, 0.05) is 17.2 Å². The Labute approximate surface area is 145 Å². The van der Waals surface area contributed by atoms with Gasteiger partial charge >= 0.3 is 0 Å². The van der Waals surface area contributed by atoms with Crippen molar-refractivity contribution in [3.63, 3.8) is 0 Å². The third-order valence-corrected chi connectivity index (χ3v) is 4.08. The Balaban J connectivity index is 1.60. The van der Waals surface area contributed by atoms with Gasteiger partial charge in [-0.2, -0.15) is 0 Å². The Morgan fingerprint density at radius 1 is 0.577 bits per heavy atom. The molecule has 0 aliphatic carbocycles. The minimum atomic E-state index is -0.320. The Hall–Kier alpha value is -3.54. The second-order valence-electron chi connectivity index (χ2n) is 5.84. The van der Waals surface area contributed by atoms with E-state index >= 15 is 0 Å². The second-order valence-corrected chi connectivity index (χ2v) is 5.84. The van der Waals surface area contributed by atoms with Gasteiger partial charge in [-0.3, -0.25) is 0 Å². The number of fused-ring (bicyclic) bond motifs is 2. The van der Waals surface area contributed by atoms with E-state index in [1.165, 1.54) is 24.3 Å². The summed E-state index contributed by atoms with van der Waals surface area (Å²) in [6.07, 6.45) is 0. The van der Waals surface area contributed by atoms with Crippen molar-refractivity contribution in [1.82, 2.24) is 9.97 Å². The third-order valence-electron chi connectivity index (χ3n) is 4.08. The molecule has 3 aromatic carbocycles. The maximum atomic E-state index is 13.1. The van der Waals surface area contributed by atoms with Crippen molar-refractivity contribution in [3.8, 4) is 22.9 Å². The van der Waals surface area contributed by atoms with Gasteiger partial charge in [-0.05, 0) is 54.6 Å². The summed E-state index contributed by atoms with van der Waals surface area (Å²) in [6.45, 7) is 0. The highest BCUT2D eigenvalue weighted by molar-refractivity contribution is 5.91. The predicted octanol–water partition coefficient (Wildman–Crippen LogP) is 5.58. The van der Waals surface area contributed by atoms with E-state index in [4.69, 9.17) is 8.83 Å². The Morgan fingerprint density at radius 2 is 1.00 bits per heavy atom. The second kappa shape index (κ2) is 5.49. The van der Waals surface area contributed by atoms with E-state index in [2.05, 4.69) is 9.97 Å². The van der Waals surface area contributed by atoms with Gasteiger partial charge in [0.1, 0.15) is 22.7 Å². The number of hydrogen-bond acceptors (Lipinski definition) is 4. The molecule has 2 aromatic heterocycles. The summed E-state index contributed by atoms with van der Waals surface area (Å²) in [5.74, 6) is 0.151. The smallest absolute Gasteiger partial charge is 0.227 e. The monoisotopic (exact) mass is 348 g/mol. The van der Waals surface area contributed by atoms with Crippen LogP contribution in [0.25, 0.3) is 45.1 Å². The largest absolute Gasteiger partial charge is 0.436 e. The molecular weight excluding hydrogens is 338 g/mol. The molecular formula is C20H10F2N2O2. The number of halogens is 2. The molecule has 0 fully saturated rings. The molecule has 126 valence electrons. The van der Waals surface area contributed by atoms with E-state index in [0.717, 1.165) is 0 Å². The molecule has 0 aliphatic heterocycles. The minimum Gasteiger partial charge on any atom is -0.436 e. The number of hydrogen-bond donors (Lipinski definition) is 0.